The molecule has 1 saturated carbocycles. The van der Waals surface area contributed by atoms with Crippen LogP contribution in [0.3, 0.4) is 0 Å². The van der Waals surface area contributed by atoms with Crippen LogP contribution in [0.5, 0.6) is 0 Å². The number of nitrogens with zero attached hydrogens (tertiary/aromatic N) is 3. The Bertz CT molecular complexity index is 462. The molecular formula is C14H19N3O. The Morgan fingerprint density at radius 2 is 2.06 bits per heavy atom. The van der Waals surface area contributed by atoms with Crippen molar-refractivity contribution in [2.75, 3.05) is 32.1 Å². The van der Waals surface area contributed by atoms with E-state index < -0.39 is 0 Å². The Kier molecular flexibility index (Phi) is 2.73. The van der Waals surface area contributed by atoms with Crippen molar-refractivity contribution in [3.63, 3.8) is 0 Å². The number of hydrogen-bond acceptors (Lipinski definition) is 3. The second-order valence-electron chi connectivity index (χ2n) is 5.57. The molecule has 0 spiro atoms. The molecule has 0 N–H and O–H groups in total. The average molecular weight is 245 g/mol. The van der Waals surface area contributed by atoms with E-state index in [1.807, 2.05) is 36.0 Å². The second-order valence-corrected chi connectivity index (χ2v) is 5.57. The molecule has 4 heteroatoms. The third kappa shape index (κ3) is 1.96. The first kappa shape index (κ1) is 11.5. The van der Waals surface area contributed by atoms with Gasteiger partial charge in [0.2, 0.25) is 0 Å². The van der Waals surface area contributed by atoms with Crippen molar-refractivity contribution in [2.45, 2.75) is 12.8 Å². The molecule has 0 atom stereocenters. The van der Waals surface area contributed by atoms with Crippen LogP contribution in [0.4, 0.5) is 5.69 Å². The highest BCUT2D eigenvalue weighted by molar-refractivity contribution is 5.98. The van der Waals surface area contributed by atoms with Crippen molar-refractivity contribution in [3.05, 3.63) is 24.0 Å². The molecule has 4 nitrogen and oxygen atoms in total. The number of aromatic nitrogens is 1. The van der Waals surface area contributed by atoms with Gasteiger partial charge in [-0.15, -0.1) is 0 Å². The van der Waals surface area contributed by atoms with E-state index in [9.17, 15) is 4.79 Å². The van der Waals surface area contributed by atoms with E-state index in [0.29, 0.717) is 5.69 Å². The van der Waals surface area contributed by atoms with Gasteiger partial charge in [0.1, 0.15) is 0 Å². The minimum Gasteiger partial charge on any atom is -0.376 e. The van der Waals surface area contributed by atoms with Crippen LogP contribution in [0, 0.1) is 11.8 Å². The zero-order chi connectivity index (χ0) is 12.7. The maximum Gasteiger partial charge on any atom is 0.274 e. The first-order valence-corrected chi connectivity index (χ1v) is 6.58. The number of anilines is 1. The highest BCUT2D eigenvalue weighted by Crippen LogP contribution is 2.41. The molecule has 3 rings (SSSR count). The summed E-state index contributed by atoms with van der Waals surface area (Å²) in [4.78, 5) is 20.5. The third-order valence-corrected chi connectivity index (χ3v) is 3.96. The van der Waals surface area contributed by atoms with Gasteiger partial charge < -0.3 is 9.80 Å². The lowest BCUT2D eigenvalue weighted by atomic mass is 9.94. The Hall–Kier alpha value is -1.58. The Labute approximate surface area is 108 Å². The van der Waals surface area contributed by atoms with Gasteiger partial charge in [-0.3, -0.25) is 4.79 Å². The van der Waals surface area contributed by atoms with Crippen LogP contribution in [0.2, 0.25) is 0 Å². The van der Waals surface area contributed by atoms with E-state index in [4.69, 9.17) is 0 Å². The Morgan fingerprint density at radius 3 is 2.67 bits per heavy atom. The van der Waals surface area contributed by atoms with Crippen molar-refractivity contribution < 1.29 is 4.79 Å². The second kappa shape index (κ2) is 4.26. The molecule has 2 aliphatic rings. The van der Waals surface area contributed by atoms with Crippen LogP contribution in [0.25, 0.3) is 0 Å². The lowest BCUT2D eigenvalue weighted by molar-refractivity contribution is 0.0454. The lowest BCUT2D eigenvalue weighted by Gasteiger charge is -2.39. The van der Waals surface area contributed by atoms with E-state index in [1.165, 1.54) is 12.8 Å². The van der Waals surface area contributed by atoms with Gasteiger partial charge in [-0.25, -0.2) is 4.98 Å². The summed E-state index contributed by atoms with van der Waals surface area (Å²) in [6.45, 7) is 1.85. The molecule has 1 saturated heterocycles. The summed E-state index contributed by atoms with van der Waals surface area (Å²) < 4.78 is 0. The average Bonchev–Trinajstić information content (AvgIpc) is 3.11. The largest absolute Gasteiger partial charge is 0.376 e. The smallest absolute Gasteiger partial charge is 0.274 e. The van der Waals surface area contributed by atoms with Crippen LogP contribution in [-0.2, 0) is 0 Å². The van der Waals surface area contributed by atoms with Gasteiger partial charge in [-0.05, 0) is 36.8 Å². The first-order valence-electron chi connectivity index (χ1n) is 6.58. The summed E-state index contributed by atoms with van der Waals surface area (Å²) in [5.41, 5.74) is 1.48. The minimum atomic E-state index is 0.0798. The van der Waals surface area contributed by atoms with E-state index in [2.05, 4.69) is 4.98 Å². The fourth-order valence-corrected chi connectivity index (χ4v) is 2.62. The van der Waals surface area contributed by atoms with Crippen molar-refractivity contribution in [2.24, 2.45) is 11.8 Å². The van der Waals surface area contributed by atoms with Crippen LogP contribution in [0.1, 0.15) is 23.3 Å². The number of hydrogen-bond donors (Lipinski definition) is 0. The van der Waals surface area contributed by atoms with E-state index >= 15 is 0 Å². The van der Waals surface area contributed by atoms with Gasteiger partial charge in [0, 0.05) is 33.4 Å². The van der Waals surface area contributed by atoms with Crippen molar-refractivity contribution in [1.29, 1.82) is 0 Å². The molecule has 2 heterocycles. The van der Waals surface area contributed by atoms with Gasteiger partial charge in [0.25, 0.3) is 5.91 Å². The number of pyridine rings is 1. The summed E-state index contributed by atoms with van der Waals surface area (Å²) in [6, 6.07) is 3.81. The summed E-state index contributed by atoms with van der Waals surface area (Å²) in [7, 11) is 3.88. The summed E-state index contributed by atoms with van der Waals surface area (Å²) >= 11 is 0. The topological polar surface area (TPSA) is 36.4 Å². The molecule has 2 fully saturated rings. The summed E-state index contributed by atoms with van der Waals surface area (Å²) in [5, 5.41) is 0. The predicted molar refractivity (Wildman–Crippen MR) is 70.7 cm³/mol. The zero-order valence-electron chi connectivity index (χ0n) is 11.0. The highest BCUT2D eigenvalue weighted by Gasteiger charge is 2.41. The van der Waals surface area contributed by atoms with Crippen molar-refractivity contribution in [1.82, 2.24) is 9.88 Å². The molecule has 0 bridgehead atoms. The fraction of sp³-hybridized carbons (Fsp3) is 0.571. The molecule has 18 heavy (non-hydrogen) atoms. The predicted octanol–water partition coefficient (Wildman–Crippen LogP) is 1.63. The molecule has 1 aromatic rings. The highest BCUT2D eigenvalue weighted by atomic mass is 16.2. The maximum atomic E-state index is 12.4. The van der Waals surface area contributed by atoms with Crippen LogP contribution in [-0.4, -0.2) is 43.0 Å². The standard InChI is InChI=1S/C14H19N3O/c1-16(2)12-4-3-7-15-13(12)14(18)17-8-11(9-17)10-5-6-10/h3-4,7,10-11H,5-6,8-9H2,1-2H3. The zero-order valence-corrected chi connectivity index (χ0v) is 11.0. The lowest BCUT2D eigenvalue weighted by Crippen LogP contribution is -2.51. The number of amides is 1. The van der Waals surface area contributed by atoms with Gasteiger partial charge in [0.15, 0.2) is 5.69 Å². The number of carbonyl (C=O) groups is 1. The minimum absolute atomic E-state index is 0.0798. The molecular weight excluding hydrogens is 226 g/mol. The quantitative estimate of drug-likeness (QED) is 0.812. The Balaban J connectivity index is 1.72. The van der Waals surface area contributed by atoms with Crippen LogP contribution >= 0.6 is 0 Å². The number of likely N-dealkylation sites (tertiary alicyclic amines) is 1. The Morgan fingerprint density at radius 1 is 1.33 bits per heavy atom. The number of rotatable bonds is 3. The van der Waals surface area contributed by atoms with Gasteiger partial charge >= 0.3 is 0 Å². The SMILES string of the molecule is CN(C)c1cccnc1C(=O)N1CC(C2CC2)C1. The van der Waals surface area contributed by atoms with Crippen LogP contribution in [0.15, 0.2) is 18.3 Å². The monoisotopic (exact) mass is 245 g/mol. The van der Waals surface area contributed by atoms with Gasteiger partial charge in [-0.2, -0.15) is 0 Å². The summed E-state index contributed by atoms with van der Waals surface area (Å²) in [6.07, 6.45) is 4.41. The van der Waals surface area contributed by atoms with Gasteiger partial charge in [-0.1, -0.05) is 0 Å². The van der Waals surface area contributed by atoms with E-state index in [0.717, 1.165) is 30.6 Å². The molecule has 1 amide bonds. The molecule has 0 aromatic carbocycles. The number of carbonyl (C=O) groups excluding carboxylic acids is 1. The van der Waals surface area contributed by atoms with Crippen LogP contribution < -0.4 is 4.90 Å². The molecule has 1 aromatic heterocycles. The molecule has 0 radical (unpaired) electrons. The van der Waals surface area contributed by atoms with E-state index in [1.54, 1.807) is 6.20 Å². The molecule has 0 unspecified atom stereocenters. The molecule has 1 aliphatic carbocycles. The normalized spacial score (nSPS) is 19.6. The third-order valence-electron chi connectivity index (χ3n) is 3.96. The molecule has 1 aliphatic heterocycles. The molecule has 96 valence electrons. The maximum absolute atomic E-state index is 12.4. The van der Waals surface area contributed by atoms with Crippen molar-refractivity contribution in [3.8, 4) is 0 Å². The summed E-state index contributed by atoms with van der Waals surface area (Å²) in [5.74, 6) is 1.72. The fourth-order valence-electron chi connectivity index (χ4n) is 2.62. The van der Waals surface area contributed by atoms with Crippen molar-refractivity contribution >= 4 is 11.6 Å². The first-order chi connectivity index (χ1) is 8.66. The van der Waals surface area contributed by atoms with E-state index in [-0.39, 0.29) is 5.91 Å². The van der Waals surface area contributed by atoms with Gasteiger partial charge in [0.05, 0.1) is 5.69 Å².